The van der Waals surface area contributed by atoms with Crippen LogP contribution in [0.1, 0.15) is 32.6 Å². The van der Waals surface area contributed by atoms with E-state index in [1.54, 1.807) is 7.05 Å². The molecule has 4 N–H and O–H groups in total. The Morgan fingerprint density at radius 1 is 1.54 bits per heavy atom. The number of hydrogen-bond donors (Lipinski definition) is 4. The first-order valence-electron chi connectivity index (χ1n) is 4.87. The van der Waals surface area contributed by atoms with Gasteiger partial charge in [0.2, 0.25) is 0 Å². The lowest BCUT2D eigenvalue weighted by Crippen LogP contribution is -2.50. The quantitative estimate of drug-likeness (QED) is 0.462. The second kappa shape index (κ2) is 4.37. The molecule has 0 aliphatic heterocycles. The predicted octanol–water partition coefficient (Wildman–Crippen LogP) is -0.235. The van der Waals surface area contributed by atoms with Crippen molar-refractivity contribution >= 4 is 0 Å². The van der Waals surface area contributed by atoms with E-state index in [0.29, 0.717) is 6.42 Å². The lowest BCUT2D eigenvalue weighted by Gasteiger charge is -2.35. The Labute approximate surface area is 79.3 Å². The molecule has 1 rings (SSSR count). The zero-order valence-corrected chi connectivity index (χ0v) is 8.38. The summed E-state index contributed by atoms with van der Waals surface area (Å²) >= 11 is 0. The minimum atomic E-state index is -0.668. The summed E-state index contributed by atoms with van der Waals surface area (Å²) in [6, 6.07) is 0.214. The molecule has 1 unspecified atom stereocenters. The number of aliphatic hydroxyl groups is 2. The summed E-state index contributed by atoms with van der Waals surface area (Å²) in [6.07, 6.45) is 2.95. The van der Waals surface area contributed by atoms with Crippen molar-refractivity contribution < 1.29 is 10.2 Å². The van der Waals surface area contributed by atoms with Gasteiger partial charge in [-0.3, -0.25) is 10.6 Å². The summed E-state index contributed by atoms with van der Waals surface area (Å²) in [5.41, 5.74) is -0.566. The van der Waals surface area contributed by atoms with E-state index in [2.05, 4.69) is 10.6 Å². The van der Waals surface area contributed by atoms with E-state index in [1.165, 1.54) is 0 Å². The van der Waals surface area contributed by atoms with Gasteiger partial charge < -0.3 is 10.2 Å². The van der Waals surface area contributed by atoms with Gasteiger partial charge in [-0.1, -0.05) is 0 Å². The maximum Gasteiger partial charge on any atom is 0.160 e. The Balaban J connectivity index is 2.34. The fourth-order valence-electron chi connectivity index (χ4n) is 1.91. The van der Waals surface area contributed by atoms with Crippen molar-refractivity contribution in [1.29, 1.82) is 0 Å². The van der Waals surface area contributed by atoms with Gasteiger partial charge >= 0.3 is 0 Å². The third-order valence-corrected chi connectivity index (χ3v) is 2.62. The molecule has 0 aromatic heterocycles. The van der Waals surface area contributed by atoms with Gasteiger partial charge in [-0.2, -0.15) is 0 Å². The largest absolute Gasteiger partial charge is 0.390 e. The summed E-state index contributed by atoms with van der Waals surface area (Å²) in [6.45, 7) is 1.85. The van der Waals surface area contributed by atoms with Crippen LogP contribution in [0.4, 0.5) is 0 Å². The topological polar surface area (TPSA) is 64.5 Å². The molecule has 0 radical (unpaired) electrons. The first-order chi connectivity index (χ1) is 6.03. The zero-order chi connectivity index (χ0) is 9.90. The van der Waals surface area contributed by atoms with Crippen molar-refractivity contribution in [2.45, 2.75) is 50.6 Å². The van der Waals surface area contributed by atoms with Gasteiger partial charge in [0.15, 0.2) is 6.35 Å². The van der Waals surface area contributed by atoms with E-state index in [1.807, 2.05) is 6.92 Å². The van der Waals surface area contributed by atoms with Gasteiger partial charge in [0, 0.05) is 6.04 Å². The van der Waals surface area contributed by atoms with Crippen LogP contribution in [0.15, 0.2) is 0 Å². The first kappa shape index (κ1) is 10.9. The van der Waals surface area contributed by atoms with Crippen LogP contribution in [0.5, 0.6) is 0 Å². The number of nitrogens with one attached hydrogen (secondary N) is 2. The average molecular weight is 188 g/mol. The summed E-state index contributed by atoms with van der Waals surface area (Å²) in [7, 11) is 1.69. The van der Waals surface area contributed by atoms with Crippen molar-refractivity contribution in [2.75, 3.05) is 7.05 Å². The SMILES string of the molecule is CNC(O)N[C@@H]1CCC[C@@](C)(O)C1. The van der Waals surface area contributed by atoms with E-state index >= 15 is 0 Å². The molecular formula is C9H20N2O2. The Bertz CT molecular complexity index is 162. The Hall–Kier alpha value is -0.160. The van der Waals surface area contributed by atoms with Crippen LogP contribution in [0.2, 0.25) is 0 Å². The maximum atomic E-state index is 9.79. The normalized spacial score (nSPS) is 37.4. The number of rotatable bonds is 3. The number of aliphatic hydroxyl groups excluding tert-OH is 1. The molecule has 0 spiro atoms. The van der Waals surface area contributed by atoms with E-state index in [9.17, 15) is 10.2 Å². The fourth-order valence-corrected chi connectivity index (χ4v) is 1.91. The van der Waals surface area contributed by atoms with Crippen LogP contribution in [-0.4, -0.2) is 35.3 Å². The van der Waals surface area contributed by atoms with E-state index in [0.717, 1.165) is 19.3 Å². The van der Waals surface area contributed by atoms with Crippen LogP contribution in [-0.2, 0) is 0 Å². The molecule has 4 nitrogen and oxygen atoms in total. The average Bonchev–Trinajstić information content (AvgIpc) is 2.02. The van der Waals surface area contributed by atoms with Gasteiger partial charge in [0.1, 0.15) is 0 Å². The Morgan fingerprint density at radius 2 is 2.23 bits per heavy atom. The lowest BCUT2D eigenvalue weighted by molar-refractivity contribution is -0.00466. The molecule has 0 amide bonds. The minimum absolute atomic E-state index is 0.214. The maximum absolute atomic E-state index is 9.79. The van der Waals surface area contributed by atoms with Gasteiger partial charge in [0.25, 0.3) is 0 Å². The minimum Gasteiger partial charge on any atom is -0.390 e. The van der Waals surface area contributed by atoms with Gasteiger partial charge in [0.05, 0.1) is 5.60 Å². The molecule has 0 saturated heterocycles. The van der Waals surface area contributed by atoms with E-state index in [-0.39, 0.29) is 6.04 Å². The third-order valence-electron chi connectivity index (χ3n) is 2.62. The zero-order valence-electron chi connectivity index (χ0n) is 8.38. The predicted molar refractivity (Wildman–Crippen MR) is 51.1 cm³/mol. The van der Waals surface area contributed by atoms with Crippen molar-refractivity contribution in [3.8, 4) is 0 Å². The molecular weight excluding hydrogens is 168 g/mol. The molecule has 0 bridgehead atoms. The van der Waals surface area contributed by atoms with Gasteiger partial charge in [-0.05, 0) is 39.7 Å². The highest BCUT2D eigenvalue weighted by atomic mass is 16.3. The Kier molecular flexibility index (Phi) is 3.67. The van der Waals surface area contributed by atoms with Gasteiger partial charge in [-0.25, -0.2) is 0 Å². The Morgan fingerprint density at radius 3 is 2.77 bits per heavy atom. The highest BCUT2D eigenvalue weighted by Crippen LogP contribution is 2.27. The molecule has 1 aliphatic carbocycles. The second-order valence-corrected chi connectivity index (χ2v) is 4.15. The molecule has 13 heavy (non-hydrogen) atoms. The van der Waals surface area contributed by atoms with E-state index in [4.69, 9.17) is 0 Å². The van der Waals surface area contributed by atoms with E-state index < -0.39 is 12.0 Å². The highest BCUT2D eigenvalue weighted by Gasteiger charge is 2.30. The highest BCUT2D eigenvalue weighted by molar-refractivity contribution is 4.86. The second-order valence-electron chi connectivity index (χ2n) is 4.15. The van der Waals surface area contributed by atoms with Crippen LogP contribution in [0.25, 0.3) is 0 Å². The standard InChI is InChI=1S/C9H20N2O2/c1-9(13)5-3-4-7(6-9)11-8(12)10-2/h7-8,10-13H,3-6H2,1-2H3/t7-,8?,9-/m1/s1. The van der Waals surface area contributed by atoms with Crippen LogP contribution in [0.3, 0.4) is 0 Å². The van der Waals surface area contributed by atoms with Gasteiger partial charge in [-0.15, -0.1) is 0 Å². The molecule has 0 heterocycles. The molecule has 1 fully saturated rings. The third kappa shape index (κ3) is 3.60. The number of hydrogen-bond acceptors (Lipinski definition) is 4. The van der Waals surface area contributed by atoms with Crippen LogP contribution >= 0.6 is 0 Å². The fraction of sp³-hybridized carbons (Fsp3) is 1.00. The summed E-state index contributed by atoms with van der Waals surface area (Å²) in [5.74, 6) is 0. The van der Waals surface area contributed by atoms with Crippen molar-refractivity contribution in [3.63, 3.8) is 0 Å². The van der Waals surface area contributed by atoms with Crippen LogP contribution in [0, 0.1) is 0 Å². The molecule has 0 aromatic carbocycles. The molecule has 1 aliphatic rings. The van der Waals surface area contributed by atoms with Crippen molar-refractivity contribution in [1.82, 2.24) is 10.6 Å². The summed E-state index contributed by atoms with van der Waals surface area (Å²) in [4.78, 5) is 0. The smallest absolute Gasteiger partial charge is 0.160 e. The first-order valence-corrected chi connectivity index (χ1v) is 4.87. The lowest BCUT2D eigenvalue weighted by atomic mass is 9.83. The molecule has 3 atom stereocenters. The summed E-state index contributed by atoms with van der Waals surface area (Å²) < 4.78 is 0. The molecule has 4 heteroatoms. The monoisotopic (exact) mass is 188 g/mol. The van der Waals surface area contributed by atoms with Crippen molar-refractivity contribution in [3.05, 3.63) is 0 Å². The molecule has 78 valence electrons. The van der Waals surface area contributed by atoms with Crippen molar-refractivity contribution in [2.24, 2.45) is 0 Å². The molecule has 0 aromatic rings. The van der Waals surface area contributed by atoms with Crippen LogP contribution < -0.4 is 10.6 Å². The molecule has 1 saturated carbocycles. The summed E-state index contributed by atoms with van der Waals surface area (Å²) in [5, 5.41) is 24.8.